The Balaban J connectivity index is 2.38. The van der Waals surface area contributed by atoms with Crippen LogP contribution in [0.4, 0.5) is 0 Å². The number of carbonyl (C=O) groups excluding carboxylic acids is 2. The van der Waals surface area contributed by atoms with Crippen molar-refractivity contribution in [3.63, 3.8) is 0 Å². The number of unbranched alkanes of at least 4 members (excludes halogenated alkanes) is 2. The molecule has 0 radical (unpaired) electrons. The monoisotopic (exact) mass is 305 g/mol. The Kier molecular flexibility index (Phi) is 8.26. The third-order valence-electron chi connectivity index (χ3n) is 3.22. The zero-order valence-electron chi connectivity index (χ0n) is 13.9. The summed E-state index contributed by atoms with van der Waals surface area (Å²) in [5.74, 6) is 0.681. The van der Waals surface area contributed by atoms with Crippen LogP contribution in [0.3, 0.4) is 0 Å². The molecule has 1 N–H and O–H groups in total. The Bertz CT molecular complexity index is 466. The lowest BCUT2D eigenvalue weighted by Gasteiger charge is -2.08. The largest absolute Gasteiger partial charge is 0.494 e. The van der Waals surface area contributed by atoms with Crippen molar-refractivity contribution in [2.75, 3.05) is 6.61 Å². The molecule has 0 heterocycles. The molecule has 4 heteroatoms. The first kappa shape index (κ1) is 18.2. The second-order valence-electron chi connectivity index (χ2n) is 5.73. The van der Waals surface area contributed by atoms with Gasteiger partial charge in [0.2, 0.25) is 5.91 Å². The van der Waals surface area contributed by atoms with Crippen molar-refractivity contribution < 1.29 is 14.3 Å². The van der Waals surface area contributed by atoms with Crippen molar-refractivity contribution in [2.24, 2.45) is 0 Å². The number of nitrogens with one attached hydrogen (secondary N) is 1. The van der Waals surface area contributed by atoms with Crippen LogP contribution in [-0.2, 0) is 4.79 Å². The van der Waals surface area contributed by atoms with E-state index in [0.717, 1.165) is 18.6 Å². The molecule has 0 aliphatic rings. The second-order valence-corrected chi connectivity index (χ2v) is 5.73. The van der Waals surface area contributed by atoms with Crippen LogP contribution < -0.4 is 10.1 Å². The highest BCUT2D eigenvalue weighted by Gasteiger charge is 2.10. The van der Waals surface area contributed by atoms with Crippen molar-refractivity contribution in [1.82, 2.24) is 5.32 Å². The van der Waals surface area contributed by atoms with E-state index in [1.165, 1.54) is 6.42 Å². The molecule has 0 saturated heterocycles. The molecule has 122 valence electrons. The Morgan fingerprint density at radius 2 is 1.77 bits per heavy atom. The number of ketones is 1. The summed E-state index contributed by atoms with van der Waals surface area (Å²) in [5.41, 5.74) is 0.623. The number of hydrogen-bond donors (Lipinski definition) is 1. The van der Waals surface area contributed by atoms with Crippen molar-refractivity contribution in [2.45, 2.75) is 58.9 Å². The molecule has 1 aromatic rings. The molecule has 22 heavy (non-hydrogen) atoms. The first-order valence-corrected chi connectivity index (χ1v) is 8.08. The number of rotatable bonds is 10. The van der Waals surface area contributed by atoms with Gasteiger partial charge < -0.3 is 10.1 Å². The fourth-order valence-corrected chi connectivity index (χ4v) is 2.04. The summed E-state index contributed by atoms with van der Waals surface area (Å²) in [6.45, 7) is 6.66. The van der Waals surface area contributed by atoms with Gasteiger partial charge in [-0.25, -0.2) is 0 Å². The molecule has 0 saturated carbocycles. The van der Waals surface area contributed by atoms with Gasteiger partial charge in [0, 0.05) is 24.4 Å². The minimum absolute atomic E-state index is 0.0172. The number of amides is 1. The molecule has 0 fully saturated rings. The van der Waals surface area contributed by atoms with Gasteiger partial charge in [-0.05, 0) is 44.5 Å². The van der Waals surface area contributed by atoms with E-state index in [-0.39, 0.29) is 30.6 Å². The van der Waals surface area contributed by atoms with Crippen molar-refractivity contribution in [1.29, 1.82) is 0 Å². The van der Waals surface area contributed by atoms with Gasteiger partial charge in [-0.2, -0.15) is 0 Å². The SMILES string of the molecule is CCCCCOc1ccc(C(=O)CCC(=O)NC(C)C)cc1. The molecule has 0 bridgehead atoms. The Morgan fingerprint density at radius 1 is 1.09 bits per heavy atom. The lowest BCUT2D eigenvalue weighted by molar-refractivity contribution is -0.121. The van der Waals surface area contributed by atoms with Crippen LogP contribution in [0.25, 0.3) is 0 Å². The summed E-state index contributed by atoms with van der Waals surface area (Å²) < 4.78 is 5.61. The van der Waals surface area contributed by atoms with Gasteiger partial charge >= 0.3 is 0 Å². The third-order valence-corrected chi connectivity index (χ3v) is 3.22. The van der Waals surface area contributed by atoms with Gasteiger partial charge in [-0.1, -0.05) is 19.8 Å². The van der Waals surface area contributed by atoms with E-state index in [0.29, 0.717) is 12.2 Å². The minimum atomic E-state index is -0.0840. The highest BCUT2D eigenvalue weighted by Crippen LogP contribution is 2.14. The number of Topliss-reactive ketones (excluding diaryl/α,β-unsaturated/α-hetero) is 1. The van der Waals surface area contributed by atoms with E-state index < -0.39 is 0 Å². The molecule has 4 nitrogen and oxygen atoms in total. The normalized spacial score (nSPS) is 10.5. The maximum atomic E-state index is 12.0. The minimum Gasteiger partial charge on any atom is -0.494 e. The summed E-state index contributed by atoms with van der Waals surface area (Å²) >= 11 is 0. The summed E-state index contributed by atoms with van der Waals surface area (Å²) in [7, 11) is 0. The first-order valence-electron chi connectivity index (χ1n) is 8.08. The van der Waals surface area contributed by atoms with Gasteiger partial charge in [0.25, 0.3) is 0 Å². The molecule has 0 spiro atoms. The van der Waals surface area contributed by atoms with Gasteiger partial charge in [0.05, 0.1) is 6.61 Å². The molecule has 1 amide bonds. The van der Waals surface area contributed by atoms with Crippen LogP contribution in [0.1, 0.15) is 63.2 Å². The smallest absolute Gasteiger partial charge is 0.220 e. The lowest BCUT2D eigenvalue weighted by Crippen LogP contribution is -2.30. The molecule has 0 aliphatic carbocycles. The van der Waals surface area contributed by atoms with Crippen LogP contribution >= 0.6 is 0 Å². The summed E-state index contributed by atoms with van der Waals surface area (Å²) in [4.78, 5) is 23.6. The highest BCUT2D eigenvalue weighted by molar-refractivity contribution is 5.98. The van der Waals surface area contributed by atoms with Crippen molar-refractivity contribution in [3.05, 3.63) is 29.8 Å². The van der Waals surface area contributed by atoms with Crippen LogP contribution in [0, 0.1) is 0 Å². The van der Waals surface area contributed by atoms with Crippen LogP contribution in [-0.4, -0.2) is 24.3 Å². The fraction of sp³-hybridized carbons (Fsp3) is 0.556. The molecular formula is C18H27NO3. The number of benzene rings is 1. The predicted molar refractivity (Wildman–Crippen MR) is 88.3 cm³/mol. The summed E-state index contributed by atoms with van der Waals surface area (Å²) in [6.07, 6.45) is 3.83. The zero-order valence-corrected chi connectivity index (χ0v) is 13.9. The van der Waals surface area contributed by atoms with Crippen LogP contribution in [0.15, 0.2) is 24.3 Å². The molecule has 1 rings (SSSR count). The Labute approximate surface area is 133 Å². The van der Waals surface area contributed by atoms with E-state index in [4.69, 9.17) is 4.74 Å². The topological polar surface area (TPSA) is 55.4 Å². The zero-order chi connectivity index (χ0) is 16.4. The van der Waals surface area contributed by atoms with E-state index in [2.05, 4.69) is 12.2 Å². The van der Waals surface area contributed by atoms with Crippen LogP contribution in [0.2, 0.25) is 0 Å². The van der Waals surface area contributed by atoms with Crippen LogP contribution in [0.5, 0.6) is 5.75 Å². The average Bonchev–Trinajstić information content (AvgIpc) is 2.49. The second kappa shape index (κ2) is 9.98. The number of ether oxygens (including phenoxy) is 1. The molecular weight excluding hydrogens is 278 g/mol. The quantitative estimate of drug-likeness (QED) is 0.529. The maximum absolute atomic E-state index is 12.0. The number of hydrogen-bond acceptors (Lipinski definition) is 3. The molecule has 0 unspecified atom stereocenters. The predicted octanol–water partition coefficient (Wildman–Crippen LogP) is 3.74. The first-order chi connectivity index (χ1) is 10.5. The maximum Gasteiger partial charge on any atom is 0.220 e. The number of carbonyl (C=O) groups is 2. The van der Waals surface area contributed by atoms with E-state index in [1.54, 1.807) is 12.1 Å². The van der Waals surface area contributed by atoms with E-state index in [9.17, 15) is 9.59 Å². The van der Waals surface area contributed by atoms with Gasteiger partial charge in [-0.15, -0.1) is 0 Å². The standard InChI is InChI=1S/C18H27NO3/c1-4-5-6-13-22-16-9-7-15(8-10-16)17(20)11-12-18(21)19-14(2)3/h7-10,14H,4-6,11-13H2,1-3H3,(H,19,21). The lowest BCUT2D eigenvalue weighted by atomic mass is 10.1. The molecule has 0 aromatic heterocycles. The Morgan fingerprint density at radius 3 is 2.36 bits per heavy atom. The van der Waals surface area contributed by atoms with Gasteiger partial charge in [0.15, 0.2) is 5.78 Å². The highest BCUT2D eigenvalue weighted by atomic mass is 16.5. The Hall–Kier alpha value is -1.84. The van der Waals surface area contributed by atoms with E-state index >= 15 is 0 Å². The summed E-state index contributed by atoms with van der Waals surface area (Å²) in [5, 5.41) is 2.78. The molecule has 0 atom stereocenters. The average molecular weight is 305 g/mol. The van der Waals surface area contributed by atoms with Crippen molar-refractivity contribution in [3.8, 4) is 5.75 Å². The molecule has 1 aromatic carbocycles. The van der Waals surface area contributed by atoms with E-state index in [1.807, 2.05) is 26.0 Å². The van der Waals surface area contributed by atoms with Gasteiger partial charge in [-0.3, -0.25) is 9.59 Å². The van der Waals surface area contributed by atoms with Crippen molar-refractivity contribution >= 4 is 11.7 Å². The fourth-order valence-electron chi connectivity index (χ4n) is 2.04. The summed E-state index contributed by atoms with van der Waals surface area (Å²) in [6, 6.07) is 7.25. The molecule has 0 aliphatic heterocycles. The van der Waals surface area contributed by atoms with Gasteiger partial charge in [0.1, 0.15) is 5.75 Å². The third kappa shape index (κ3) is 7.25.